The molecule has 0 aliphatic carbocycles. The van der Waals surface area contributed by atoms with E-state index in [9.17, 15) is 13.6 Å². The van der Waals surface area contributed by atoms with Gasteiger partial charge in [0.15, 0.2) is 0 Å². The molecular formula is C18H22F2N4O4. The van der Waals surface area contributed by atoms with Crippen LogP contribution in [0.25, 0.3) is 11.4 Å². The molecule has 2 heterocycles. The Kier molecular flexibility index (Phi) is 6.75. The summed E-state index contributed by atoms with van der Waals surface area (Å²) in [5.74, 6) is 0.532. The molecule has 1 N–H and O–H groups in total. The topological polar surface area (TPSA) is 89.7 Å². The van der Waals surface area contributed by atoms with Crippen LogP contribution in [0.3, 0.4) is 0 Å². The highest BCUT2D eigenvalue weighted by Crippen LogP contribution is 2.29. The van der Waals surface area contributed by atoms with Gasteiger partial charge in [0.25, 0.3) is 0 Å². The first-order chi connectivity index (χ1) is 13.5. The van der Waals surface area contributed by atoms with Crippen molar-refractivity contribution < 1.29 is 27.6 Å². The van der Waals surface area contributed by atoms with Gasteiger partial charge < -0.3 is 19.3 Å². The number of halogens is 2. The molecule has 0 spiro atoms. The number of nitrogens with zero attached hydrogens (tertiary/aromatic N) is 3. The number of hydrogen-bond donors (Lipinski definition) is 1. The van der Waals surface area contributed by atoms with Crippen molar-refractivity contribution in [1.29, 1.82) is 0 Å². The maximum absolute atomic E-state index is 12.6. The molecule has 28 heavy (non-hydrogen) atoms. The van der Waals surface area contributed by atoms with Gasteiger partial charge >= 0.3 is 12.7 Å². The van der Waals surface area contributed by atoms with Crippen molar-refractivity contribution >= 4 is 6.09 Å². The van der Waals surface area contributed by atoms with Gasteiger partial charge in [-0.05, 0) is 38.4 Å². The molecule has 8 nitrogen and oxygen atoms in total. The Morgan fingerprint density at radius 2 is 2.25 bits per heavy atom. The molecule has 1 saturated heterocycles. The largest absolute Gasteiger partial charge is 0.450 e. The molecule has 0 saturated carbocycles. The SMILES string of the molecule is CCOC(=O)NC1CCCN(Cc2nc(-c3ccccc3OC(F)F)no2)C1. The molecule has 1 amide bonds. The molecule has 1 aliphatic heterocycles. The molecule has 10 heteroatoms. The predicted octanol–water partition coefficient (Wildman–Crippen LogP) is 3.05. The first kappa shape index (κ1) is 20.0. The highest BCUT2D eigenvalue weighted by atomic mass is 19.3. The fraction of sp³-hybridized carbons (Fsp3) is 0.500. The molecule has 3 rings (SSSR count). The van der Waals surface area contributed by atoms with Gasteiger partial charge in [-0.25, -0.2) is 4.79 Å². The molecule has 1 aromatic carbocycles. The zero-order valence-corrected chi connectivity index (χ0v) is 15.4. The quantitative estimate of drug-likeness (QED) is 0.769. The van der Waals surface area contributed by atoms with E-state index in [1.165, 1.54) is 6.07 Å². The van der Waals surface area contributed by atoms with E-state index in [1.54, 1.807) is 25.1 Å². The van der Waals surface area contributed by atoms with Gasteiger partial charge in [0.1, 0.15) is 5.75 Å². The van der Waals surface area contributed by atoms with E-state index >= 15 is 0 Å². The number of hydrogen-bond acceptors (Lipinski definition) is 7. The van der Waals surface area contributed by atoms with Gasteiger partial charge in [-0.3, -0.25) is 4.90 Å². The van der Waals surface area contributed by atoms with Crippen LogP contribution in [0.15, 0.2) is 28.8 Å². The normalized spacial score (nSPS) is 17.5. The molecule has 1 aromatic heterocycles. The third-order valence-corrected chi connectivity index (χ3v) is 4.27. The number of alkyl halides is 2. The number of benzene rings is 1. The monoisotopic (exact) mass is 396 g/mol. The van der Waals surface area contributed by atoms with E-state index in [4.69, 9.17) is 9.26 Å². The fourth-order valence-electron chi connectivity index (χ4n) is 3.13. The lowest BCUT2D eigenvalue weighted by Gasteiger charge is -2.31. The Morgan fingerprint density at radius 3 is 3.04 bits per heavy atom. The van der Waals surface area contributed by atoms with Crippen molar-refractivity contribution in [2.75, 3.05) is 19.7 Å². The Morgan fingerprint density at radius 1 is 1.43 bits per heavy atom. The molecule has 0 radical (unpaired) electrons. The Hall–Kier alpha value is -2.75. The summed E-state index contributed by atoms with van der Waals surface area (Å²) in [6.07, 6.45) is 1.34. The second kappa shape index (κ2) is 9.45. The van der Waals surface area contributed by atoms with E-state index < -0.39 is 12.7 Å². The van der Waals surface area contributed by atoms with Crippen LogP contribution in [-0.4, -0.2) is 53.5 Å². The van der Waals surface area contributed by atoms with Crippen LogP contribution in [0.5, 0.6) is 5.75 Å². The van der Waals surface area contributed by atoms with Crippen LogP contribution >= 0.6 is 0 Å². The van der Waals surface area contributed by atoms with Crippen LogP contribution in [0.4, 0.5) is 13.6 Å². The number of ether oxygens (including phenoxy) is 2. The molecular weight excluding hydrogens is 374 g/mol. The number of alkyl carbamates (subject to hydrolysis) is 1. The minimum Gasteiger partial charge on any atom is -0.450 e. The van der Waals surface area contributed by atoms with Crippen LogP contribution < -0.4 is 10.1 Å². The van der Waals surface area contributed by atoms with E-state index in [0.29, 0.717) is 31.2 Å². The maximum Gasteiger partial charge on any atom is 0.407 e. The van der Waals surface area contributed by atoms with Gasteiger partial charge in [0.2, 0.25) is 11.7 Å². The Labute approximate surface area is 160 Å². The van der Waals surface area contributed by atoms with Gasteiger partial charge in [-0.1, -0.05) is 17.3 Å². The summed E-state index contributed by atoms with van der Waals surface area (Å²) in [7, 11) is 0. The minimum absolute atomic E-state index is 0.0125. The summed E-state index contributed by atoms with van der Waals surface area (Å²) < 4.78 is 39.9. The third kappa shape index (κ3) is 5.38. The van der Waals surface area contributed by atoms with Crippen LogP contribution in [0, 0.1) is 0 Å². The molecule has 2 aromatic rings. The average molecular weight is 396 g/mol. The van der Waals surface area contributed by atoms with Gasteiger partial charge in [0, 0.05) is 12.6 Å². The molecule has 1 unspecified atom stereocenters. The Bertz CT molecular complexity index is 786. The van der Waals surface area contributed by atoms with Gasteiger partial charge in [-0.2, -0.15) is 13.8 Å². The van der Waals surface area contributed by atoms with Crippen LogP contribution in [0.1, 0.15) is 25.7 Å². The Balaban J connectivity index is 1.63. The zero-order chi connectivity index (χ0) is 19.9. The number of likely N-dealkylation sites (tertiary alicyclic amines) is 1. The second-order valence-electron chi connectivity index (χ2n) is 6.33. The van der Waals surface area contributed by atoms with Crippen LogP contribution in [0.2, 0.25) is 0 Å². The van der Waals surface area contributed by atoms with E-state index in [1.807, 2.05) is 0 Å². The van der Waals surface area contributed by atoms with E-state index in [2.05, 4.69) is 25.1 Å². The van der Waals surface area contributed by atoms with Crippen molar-refractivity contribution in [3.8, 4) is 17.1 Å². The third-order valence-electron chi connectivity index (χ3n) is 4.27. The summed E-state index contributed by atoms with van der Waals surface area (Å²) in [5.41, 5.74) is 0.332. The van der Waals surface area contributed by atoms with Crippen LogP contribution in [-0.2, 0) is 11.3 Å². The summed E-state index contributed by atoms with van der Waals surface area (Å²) in [4.78, 5) is 18.0. The fourth-order valence-corrected chi connectivity index (χ4v) is 3.13. The number of nitrogens with one attached hydrogen (secondary N) is 1. The first-order valence-electron chi connectivity index (χ1n) is 9.07. The lowest BCUT2D eigenvalue weighted by Crippen LogP contribution is -2.47. The predicted molar refractivity (Wildman–Crippen MR) is 94.8 cm³/mol. The van der Waals surface area contributed by atoms with E-state index in [0.717, 1.165) is 19.4 Å². The molecule has 1 aliphatic rings. The zero-order valence-electron chi connectivity index (χ0n) is 15.4. The van der Waals surface area contributed by atoms with E-state index in [-0.39, 0.29) is 17.6 Å². The van der Waals surface area contributed by atoms with Crippen molar-refractivity contribution in [1.82, 2.24) is 20.4 Å². The lowest BCUT2D eigenvalue weighted by atomic mass is 10.1. The highest BCUT2D eigenvalue weighted by molar-refractivity contribution is 5.67. The highest BCUT2D eigenvalue weighted by Gasteiger charge is 2.24. The maximum atomic E-state index is 12.6. The first-order valence-corrected chi connectivity index (χ1v) is 9.07. The molecule has 1 atom stereocenters. The van der Waals surface area contributed by atoms with Gasteiger partial charge in [0.05, 0.1) is 18.7 Å². The number of aromatic nitrogens is 2. The standard InChI is InChI=1S/C18H22F2N4O4/c1-2-26-18(25)21-12-6-5-9-24(10-12)11-15-22-16(23-28-15)13-7-3-4-8-14(13)27-17(19)20/h3-4,7-8,12,17H,2,5-6,9-11H2,1H3,(H,21,25). The van der Waals surface area contributed by atoms with Crippen molar-refractivity contribution in [3.63, 3.8) is 0 Å². The molecule has 152 valence electrons. The van der Waals surface area contributed by atoms with Gasteiger partial charge in [-0.15, -0.1) is 0 Å². The number of carbonyl (C=O) groups excluding carboxylic acids is 1. The summed E-state index contributed by atoms with van der Waals surface area (Å²) in [5, 5.41) is 6.72. The lowest BCUT2D eigenvalue weighted by molar-refractivity contribution is -0.0494. The molecule has 1 fully saturated rings. The minimum atomic E-state index is -2.94. The number of piperidine rings is 1. The van der Waals surface area contributed by atoms with Crippen molar-refractivity contribution in [2.45, 2.75) is 39.0 Å². The van der Waals surface area contributed by atoms with Crippen molar-refractivity contribution in [3.05, 3.63) is 30.2 Å². The smallest absolute Gasteiger partial charge is 0.407 e. The average Bonchev–Trinajstić information content (AvgIpc) is 3.10. The number of rotatable bonds is 7. The summed E-state index contributed by atoms with van der Waals surface area (Å²) in [6, 6.07) is 6.27. The van der Waals surface area contributed by atoms with Crippen molar-refractivity contribution in [2.24, 2.45) is 0 Å². The molecule has 0 bridgehead atoms. The second-order valence-corrected chi connectivity index (χ2v) is 6.33. The number of para-hydroxylation sites is 1. The number of amides is 1. The number of carbonyl (C=O) groups is 1. The summed E-state index contributed by atoms with van der Waals surface area (Å²) in [6.45, 7) is 0.982. The summed E-state index contributed by atoms with van der Waals surface area (Å²) >= 11 is 0.